The molecule has 2 aromatic carbocycles. The lowest BCUT2D eigenvalue weighted by atomic mass is 9.80. The molecule has 0 bridgehead atoms. The number of hydrogen-bond donors (Lipinski definition) is 0. The molecule has 0 fully saturated rings. The van der Waals surface area contributed by atoms with Crippen LogP contribution in [-0.4, -0.2) is 6.61 Å². The highest BCUT2D eigenvalue weighted by Gasteiger charge is 2.18. The molecule has 3 rings (SSSR count). The van der Waals surface area contributed by atoms with Crippen molar-refractivity contribution in [3.8, 4) is 16.9 Å². The summed E-state index contributed by atoms with van der Waals surface area (Å²) in [5.41, 5.74) is 5.72. The van der Waals surface area contributed by atoms with Crippen molar-refractivity contribution in [2.75, 3.05) is 6.61 Å². The second kappa shape index (κ2) is 9.62. The molecule has 26 heavy (non-hydrogen) atoms. The van der Waals surface area contributed by atoms with Crippen molar-refractivity contribution in [1.29, 1.82) is 0 Å². The Kier molecular flexibility index (Phi) is 6.94. The summed E-state index contributed by atoms with van der Waals surface area (Å²) in [6.45, 7) is 5.11. The highest BCUT2D eigenvalue weighted by molar-refractivity contribution is 5.66. The van der Waals surface area contributed by atoms with E-state index in [1.807, 2.05) is 0 Å². The van der Waals surface area contributed by atoms with Crippen LogP contribution in [0.1, 0.15) is 57.1 Å². The first-order valence-electron chi connectivity index (χ1n) is 10.3. The molecule has 1 unspecified atom stereocenters. The van der Waals surface area contributed by atoms with E-state index in [0.29, 0.717) is 0 Å². The molecule has 0 heterocycles. The molecule has 1 aliphatic rings. The van der Waals surface area contributed by atoms with E-state index in [1.165, 1.54) is 49.7 Å². The van der Waals surface area contributed by atoms with Crippen LogP contribution in [-0.2, 0) is 12.8 Å². The van der Waals surface area contributed by atoms with Crippen molar-refractivity contribution < 1.29 is 4.74 Å². The second-order valence-electron chi connectivity index (χ2n) is 7.47. The second-order valence-corrected chi connectivity index (χ2v) is 7.47. The van der Waals surface area contributed by atoms with Crippen LogP contribution < -0.4 is 4.74 Å². The zero-order chi connectivity index (χ0) is 18.2. The van der Waals surface area contributed by atoms with Gasteiger partial charge in [-0.05, 0) is 85.8 Å². The Morgan fingerprint density at radius 2 is 1.85 bits per heavy atom. The van der Waals surface area contributed by atoms with E-state index in [1.54, 1.807) is 11.1 Å². The van der Waals surface area contributed by atoms with Crippen molar-refractivity contribution >= 4 is 0 Å². The Morgan fingerprint density at radius 1 is 1.04 bits per heavy atom. The molecule has 0 radical (unpaired) electrons. The van der Waals surface area contributed by atoms with E-state index in [2.05, 4.69) is 68.5 Å². The predicted octanol–water partition coefficient (Wildman–Crippen LogP) is 6.99. The van der Waals surface area contributed by atoms with Crippen molar-refractivity contribution in [2.24, 2.45) is 5.92 Å². The Balaban J connectivity index is 1.64. The molecule has 1 nitrogen and oxygen atoms in total. The number of hydrogen-bond acceptors (Lipinski definition) is 1. The molecule has 0 aliphatic heterocycles. The minimum Gasteiger partial charge on any atom is -0.494 e. The normalized spacial score (nSPS) is 16.6. The van der Waals surface area contributed by atoms with Gasteiger partial charge in [-0.3, -0.25) is 0 Å². The molecule has 0 N–H and O–H groups in total. The lowest BCUT2D eigenvalue weighted by Gasteiger charge is -2.25. The monoisotopic (exact) mass is 348 g/mol. The Morgan fingerprint density at radius 3 is 2.62 bits per heavy atom. The van der Waals surface area contributed by atoms with Gasteiger partial charge in [0.25, 0.3) is 0 Å². The first kappa shape index (κ1) is 18.8. The summed E-state index contributed by atoms with van der Waals surface area (Å²) in [5.74, 6) is 1.83. The van der Waals surface area contributed by atoms with Crippen molar-refractivity contribution in [3.05, 3.63) is 65.7 Å². The van der Waals surface area contributed by atoms with Gasteiger partial charge in [0, 0.05) is 0 Å². The zero-order valence-corrected chi connectivity index (χ0v) is 16.3. The van der Waals surface area contributed by atoms with Crippen LogP contribution in [0.25, 0.3) is 11.1 Å². The third-order valence-corrected chi connectivity index (χ3v) is 5.47. The maximum Gasteiger partial charge on any atom is 0.119 e. The lowest BCUT2D eigenvalue weighted by molar-refractivity contribution is 0.309. The number of ether oxygens (including phenoxy) is 1. The van der Waals surface area contributed by atoms with Crippen molar-refractivity contribution in [2.45, 2.75) is 58.8 Å². The van der Waals surface area contributed by atoms with E-state index < -0.39 is 0 Å². The van der Waals surface area contributed by atoms with Crippen molar-refractivity contribution in [1.82, 2.24) is 0 Å². The molecule has 0 saturated heterocycles. The van der Waals surface area contributed by atoms with Gasteiger partial charge in [-0.2, -0.15) is 0 Å². The zero-order valence-electron chi connectivity index (χ0n) is 16.3. The van der Waals surface area contributed by atoms with E-state index >= 15 is 0 Å². The lowest BCUT2D eigenvalue weighted by Crippen LogP contribution is -2.14. The third kappa shape index (κ3) is 5.00. The Hall–Kier alpha value is -2.02. The summed E-state index contributed by atoms with van der Waals surface area (Å²) in [6.07, 6.45) is 13.1. The minimum absolute atomic E-state index is 0.809. The number of allylic oxidation sites excluding steroid dienone is 2. The van der Waals surface area contributed by atoms with Gasteiger partial charge >= 0.3 is 0 Å². The minimum atomic E-state index is 0.809. The van der Waals surface area contributed by atoms with E-state index in [0.717, 1.165) is 24.7 Å². The predicted molar refractivity (Wildman–Crippen MR) is 112 cm³/mol. The molecule has 138 valence electrons. The summed E-state index contributed by atoms with van der Waals surface area (Å²) in [6, 6.07) is 15.6. The third-order valence-electron chi connectivity index (χ3n) is 5.47. The van der Waals surface area contributed by atoms with E-state index in [-0.39, 0.29) is 0 Å². The smallest absolute Gasteiger partial charge is 0.119 e. The number of fused-ring (bicyclic) bond motifs is 1. The van der Waals surface area contributed by atoms with Crippen LogP contribution in [0.5, 0.6) is 5.75 Å². The Labute approximate surface area is 159 Å². The number of benzene rings is 2. The molecular weight excluding hydrogens is 316 g/mol. The van der Waals surface area contributed by atoms with Gasteiger partial charge in [-0.15, -0.1) is 0 Å². The summed E-state index contributed by atoms with van der Waals surface area (Å²) < 4.78 is 5.78. The highest BCUT2D eigenvalue weighted by Crippen LogP contribution is 2.32. The maximum absolute atomic E-state index is 5.78. The van der Waals surface area contributed by atoms with Crippen LogP contribution in [0, 0.1) is 5.92 Å². The van der Waals surface area contributed by atoms with Gasteiger partial charge in [0.1, 0.15) is 5.75 Å². The topological polar surface area (TPSA) is 9.23 Å². The molecule has 1 heteroatoms. The molecule has 0 spiro atoms. The quantitative estimate of drug-likeness (QED) is 0.369. The van der Waals surface area contributed by atoms with Gasteiger partial charge in [0.15, 0.2) is 0 Å². The fourth-order valence-corrected chi connectivity index (χ4v) is 3.83. The highest BCUT2D eigenvalue weighted by atomic mass is 16.5. The van der Waals surface area contributed by atoms with Gasteiger partial charge in [-0.1, -0.05) is 55.8 Å². The van der Waals surface area contributed by atoms with Crippen LogP contribution in [0.2, 0.25) is 0 Å². The molecule has 0 aromatic heterocycles. The number of aryl methyl sites for hydroxylation is 1. The maximum atomic E-state index is 5.78. The Bertz CT molecular complexity index is 711. The molecule has 0 amide bonds. The molecular formula is C25H32O. The average Bonchev–Trinajstić information content (AvgIpc) is 2.68. The first-order valence-corrected chi connectivity index (χ1v) is 10.3. The fourth-order valence-electron chi connectivity index (χ4n) is 3.83. The largest absolute Gasteiger partial charge is 0.494 e. The summed E-state index contributed by atoms with van der Waals surface area (Å²) in [4.78, 5) is 0. The van der Waals surface area contributed by atoms with Gasteiger partial charge < -0.3 is 4.74 Å². The summed E-state index contributed by atoms with van der Waals surface area (Å²) in [5, 5.41) is 0. The van der Waals surface area contributed by atoms with Gasteiger partial charge in [-0.25, -0.2) is 0 Å². The van der Waals surface area contributed by atoms with Crippen LogP contribution in [0.4, 0.5) is 0 Å². The SMILES string of the molecule is C/C=C/CCC1CCc2cc(-c3ccc(OCCCC)cc3)ccc2C1. The molecule has 0 saturated carbocycles. The van der Waals surface area contributed by atoms with E-state index in [9.17, 15) is 0 Å². The number of rotatable bonds is 8. The molecule has 2 aromatic rings. The standard InChI is InChI=1S/C25H32O/c1-3-5-7-8-20-9-10-24-19-23(12-11-22(24)18-20)21-13-15-25(16-14-21)26-17-6-4-2/h3,5,11-16,19-20H,4,6-10,17-18H2,1-2H3/b5-3+. The van der Waals surface area contributed by atoms with E-state index in [4.69, 9.17) is 4.74 Å². The van der Waals surface area contributed by atoms with Crippen LogP contribution in [0.3, 0.4) is 0 Å². The van der Waals surface area contributed by atoms with Gasteiger partial charge in [0.2, 0.25) is 0 Å². The summed E-state index contributed by atoms with van der Waals surface area (Å²) in [7, 11) is 0. The summed E-state index contributed by atoms with van der Waals surface area (Å²) >= 11 is 0. The fraction of sp³-hybridized carbons (Fsp3) is 0.440. The first-order chi connectivity index (χ1) is 12.8. The van der Waals surface area contributed by atoms with Crippen LogP contribution in [0.15, 0.2) is 54.6 Å². The molecule has 1 atom stereocenters. The average molecular weight is 349 g/mol. The van der Waals surface area contributed by atoms with Gasteiger partial charge in [0.05, 0.1) is 6.61 Å². The van der Waals surface area contributed by atoms with Crippen LogP contribution >= 0.6 is 0 Å². The number of unbranched alkanes of at least 4 members (excludes halogenated alkanes) is 1. The molecule has 1 aliphatic carbocycles. The van der Waals surface area contributed by atoms with Crippen molar-refractivity contribution in [3.63, 3.8) is 0 Å².